The third-order valence-electron chi connectivity index (χ3n) is 13.3. The first-order valence-corrected chi connectivity index (χ1v) is 21.8. The van der Waals surface area contributed by atoms with Crippen molar-refractivity contribution in [3.63, 3.8) is 0 Å². The lowest BCUT2D eigenvalue weighted by molar-refractivity contribution is 0.660. The SMILES string of the molecule is CC1(C)c2ccccc2-c2c(-c3ccc(N(c4ccc(-c5cccc6c5oc5ccccc56)cc4)c4ccccc4-c4cccc5cccc(-c6ccccc6)c45)cc3)cccc21. The summed E-state index contributed by atoms with van der Waals surface area (Å²) in [5.74, 6) is 0. The van der Waals surface area contributed by atoms with E-state index in [9.17, 15) is 0 Å². The Morgan fingerprint density at radius 3 is 1.67 bits per heavy atom. The number of fused-ring (bicyclic) bond motifs is 7. The average Bonchev–Trinajstić information content (AvgIpc) is 3.84. The van der Waals surface area contributed by atoms with Crippen LogP contribution >= 0.6 is 0 Å². The van der Waals surface area contributed by atoms with Gasteiger partial charge < -0.3 is 9.32 Å². The number of hydrogen-bond acceptors (Lipinski definition) is 2. The van der Waals surface area contributed by atoms with Crippen LogP contribution in [0.4, 0.5) is 17.1 Å². The van der Waals surface area contributed by atoms with E-state index in [1.807, 2.05) is 12.1 Å². The highest BCUT2D eigenvalue weighted by Crippen LogP contribution is 2.52. The molecule has 1 aliphatic carbocycles. The topological polar surface area (TPSA) is 16.4 Å². The number of nitrogens with zero attached hydrogens (tertiary/aromatic N) is 1. The Hall–Kier alpha value is -7.94. The van der Waals surface area contributed by atoms with E-state index in [0.29, 0.717) is 0 Å². The minimum Gasteiger partial charge on any atom is -0.455 e. The average molecular weight is 806 g/mol. The van der Waals surface area contributed by atoms with Crippen LogP contribution in [0.25, 0.3) is 88.3 Å². The molecule has 0 fully saturated rings. The minimum absolute atomic E-state index is 0.0630. The highest BCUT2D eigenvalue weighted by atomic mass is 16.3. The molecule has 0 amide bonds. The lowest BCUT2D eigenvalue weighted by Gasteiger charge is -2.29. The molecule has 1 heterocycles. The van der Waals surface area contributed by atoms with Crippen LogP contribution in [-0.4, -0.2) is 0 Å². The zero-order valence-electron chi connectivity index (χ0n) is 35.2. The first-order chi connectivity index (χ1) is 31.0. The van der Waals surface area contributed by atoms with E-state index in [1.54, 1.807) is 0 Å². The molecule has 12 rings (SSSR count). The van der Waals surface area contributed by atoms with Gasteiger partial charge in [0, 0.05) is 38.7 Å². The molecule has 0 aliphatic heterocycles. The molecule has 1 aromatic heterocycles. The summed E-state index contributed by atoms with van der Waals surface area (Å²) in [6.45, 7) is 4.70. The van der Waals surface area contributed by atoms with Crippen LogP contribution in [-0.2, 0) is 5.41 Å². The Labute approximate surface area is 368 Å². The number of rotatable bonds is 7. The normalized spacial score (nSPS) is 12.7. The zero-order chi connectivity index (χ0) is 42.1. The van der Waals surface area contributed by atoms with Crippen LogP contribution in [0.2, 0.25) is 0 Å². The van der Waals surface area contributed by atoms with Crippen molar-refractivity contribution in [1.29, 1.82) is 0 Å². The molecule has 0 bridgehead atoms. The van der Waals surface area contributed by atoms with Gasteiger partial charge in [-0.2, -0.15) is 0 Å². The van der Waals surface area contributed by atoms with Crippen LogP contribution in [0, 0.1) is 0 Å². The maximum Gasteiger partial charge on any atom is 0.143 e. The summed E-state index contributed by atoms with van der Waals surface area (Å²) in [4.78, 5) is 2.42. The number of anilines is 3. The molecule has 0 saturated heterocycles. The number of hydrogen-bond donors (Lipinski definition) is 0. The van der Waals surface area contributed by atoms with E-state index in [4.69, 9.17) is 4.42 Å². The van der Waals surface area contributed by atoms with Gasteiger partial charge in [-0.05, 0) is 103 Å². The third kappa shape index (κ3) is 5.94. The van der Waals surface area contributed by atoms with Crippen LogP contribution in [0.15, 0.2) is 229 Å². The molecular weight excluding hydrogens is 763 g/mol. The molecule has 0 radical (unpaired) electrons. The van der Waals surface area contributed by atoms with Crippen molar-refractivity contribution in [3.8, 4) is 55.6 Å². The Balaban J connectivity index is 1.03. The van der Waals surface area contributed by atoms with Gasteiger partial charge in [-0.25, -0.2) is 0 Å². The van der Waals surface area contributed by atoms with E-state index in [-0.39, 0.29) is 5.41 Å². The molecule has 2 heteroatoms. The van der Waals surface area contributed by atoms with Gasteiger partial charge in [-0.15, -0.1) is 0 Å². The number of para-hydroxylation sites is 3. The van der Waals surface area contributed by atoms with Gasteiger partial charge in [0.1, 0.15) is 11.2 Å². The van der Waals surface area contributed by atoms with Gasteiger partial charge in [0.15, 0.2) is 0 Å². The van der Waals surface area contributed by atoms with Crippen LogP contribution < -0.4 is 4.90 Å². The second-order valence-electron chi connectivity index (χ2n) is 17.2. The first-order valence-electron chi connectivity index (χ1n) is 21.8. The van der Waals surface area contributed by atoms with Crippen molar-refractivity contribution in [2.24, 2.45) is 0 Å². The Kier molecular flexibility index (Phi) is 8.55. The smallest absolute Gasteiger partial charge is 0.143 e. The minimum atomic E-state index is -0.0630. The molecule has 0 spiro atoms. The van der Waals surface area contributed by atoms with Crippen molar-refractivity contribution in [1.82, 2.24) is 0 Å². The fourth-order valence-corrected chi connectivity index (χ4v) is 10.3. The van der Waals surface area contributed by atoms with Gasteiger partial charge in [-0.3, -0.25) is 0 Å². The van der Waals surface area contributed by atoms with E-state index < -0.39 is 0 Å². The molecule has 63 heavy (non-hydrogen) atoms. The van der Waals surface area contributed by atoms with Gasteiger partial charge in [0.25, 0.3) is 0 Å². The van der Waals surface area contributed by atoms with Gasteiger partial charge in [0.05, 0.1) is 5.69 Å². The maximum absolute atomic E-state index is 6.49. The second kappa shape index (κ2) is 14.6. The van der Waals surface area contributed by atoms with Gasteiger partial charge >= 0.3 is 0 Å². The molecular formula is C61H43NO. The molecule has 0 unspecified atom stereocenters. The molecule has 0 N–H and O–H groups in total. The molecule has 11 aromatic rings. The van der Waals surface area contributed by atoms with Crippen molar-refractivity contribution < 1.29 is 4.42 Å². The molecule has 0 atom stereocenters. The van der Waals surface area contributed by atoms with E-state index in [0.717, 1.165) is 55.7 Å². The van der Waals surface area contributed by atoms with Crippen molar-refractivity contribution in [3.05, 3.63) is 236 Å². The van der Waals surface area contributed by atoms with Crippen molar-refractivity contribution in [2.45, 2.75) is 19.3 Å². The van der Waals surface area contributed by atoms with E-state index in [1.165, 1.54) is 60.8 Å². The number of benzene rings is 10. The highest BCUT2D eigenvalue weighted by Gasteiger charge is 2.36. The van der Waals surface area contributed by atoms with Crippen molar-refractivity contribution in [2.75, 3.05) is 4.90 Å². The van der Waals surface area contributed by atoms with E-state index in [2.05, 4.69) is 231 Å². The molecule has 298 valence electrons. The zero-order valence-corrected chi connectivity index (χ0v) is 35.2. The summed E-state index contributed by atoms with van der Waals surface area (Å²) in [6, 6.07) is 81.6. The summed E-state index contributed by atoms with van der Waals surface area (Å²) in [5.41, 5.74) is 19.9. The predicted octanol–water partition coefficient (Wildman–Crippen LogP) is 17.2. The fourth-order valence-electron chi connectivity index (χ4n) is 10.3. The van der Waals surface area contributed by atoms with Crippen LogP contribution in [0.5, 0.6) is 0 Å². The molecule has 0 saturated carbocycles. The third-order valence-corrected chi connectivity index (χ3v) is 13.3. The number of furan rings is 1. The Morgan fingerprint density at radius 2 is 0.889 bits per heavy atom. The molecule has 10 aromatic carbocycles. The Bertz CT molecular complexity index is 3520. The largest absolute Gasteiger partial charge is 0.455 e. The van der Waals surface area contributed by atoms with Gasteiger partial charge in [0.2, 0.25) is 0 Å². The summed E-state index contributed by atoms with van der Waals surface area (Å²) in [5, 5.41) is 4.71. The summed E-state index contributed by atoms with van der Waals surface area (Å²) in [6.07, 6.45) is 0. The fraction of sp³-hybridized carbons (Fsp3) is 0.0492. The summed E-state index contributed by atoms with van der Waals surface area (Å²) < 4.78 is 6.49. The van der Waals surface area contributed by atoms with Gasteiger partial charge in [-0.1, -0.05) is 202 Å². The quantitative estimate of drug-likeness (QED) is 0.160. The van der Waals surface area contributed by atoms with Crippen LogP contribution in [0.1, 0.15) is 25.0 Å². The molecule has 2 nitrogen and oxygen atoms in total. The highest BCUT2D eigenvalue weighted by molar-refractivity contribution is 6.10. The van der Waals surface area contributed by atoms with Crippen molar-refractivity contribution >= 4 is 49.8 Å². The van der Waals surface area contributed by atoms with Crippen LogP contribution in [0.3, 0.4) is 0 Å². The molecule has 1 aliphatic rings. The predicted molar refractivity (Wildman–Crippen MR) is 265 cm³/mol. The standard InChI is InChI=1S/C61H43NO/c1-61(2)54-28-9-6-22-53(54)59-47(24-15-29-55(59)61)41-32-36-44(37-33-41)62(45-38-34-42(35-39-45)48-25-14-27-52-50-21-8-11-31-57(50)63-60(48)52)56-30-10-7-20-49(56)51-26-13-19-43-18-12-23-46(58(43)51)40-16-4-3-5-17-40/h3-39H,1-2H3. The summed E-state index contributed by atoms with van der Waals surface area (Å²) in [7, 11) is 0. The van der Waals surface area contributed by atoms with E-state index >= 15 is 0 Å². The Morgan fingerprint density at radius 1 is 0.365 bits per heavy atom. The maximum atomic E-state index is 6.49. The summed E-state index contributed by atoms with van der Waals surface area (Å²) >= 11 is 0. The lowest BCUT2D eigenvalue weighted by Crippen LogP contribution is -2.14. The monoisotopic (exact) mass is 805 g/mol. The first kappa shape index (κ1) is 36.9. The lowest BCUT2D eigenvalue weighted by atomic mass is 9.82. The second-order valence-corrected chi connectivity index (χ2v) is 17.2.